The Kier molecular flexibility index (Phi) is 5.15. The highest BCUT2D eigenvalue weighted by Gasteiger charge is 2.12. The summed E-state index contributed by atoms with van der Waals surface area (Å²) in [5.74, 6) is -1.06. The summed E-state index contributed by atoms with van der Waals surface area (Å²) in [7, 11) is 0. The molecule has 0 aliphatic heterocycles. The average molecular weight is 363 g/mol. The van der Waals surface area contributed by atoms with Crippen molar-refractivity contribution in [3.05, 3.63) is 62.8 Å². The van der Waals surface area contributed by atoms with Gasteiger partial charge in [0.05, 0.1) is 11.3 Å². The number of rotatable bonds is 6. The fourth-order valence-corrected chi connectivity index (χ4v) is 2.88. The van der Waals surface area contributed by atoms with Gasteiger partial charge in [0.1, 0.15) is 24.0 Å². The lowest BCUT2D eigenvalue weighted by molar-refractivity contribution is 0.0467. The standard InChI is InChI=1S/C16H14FN3O4S/c1-2-23-9-13-19-20-14(21)7-12(18-16(20)25-13)8-24-15(22)10-3-5-11(17)6-4-10/h3-7H,2,8-9H2,1H3. The first-order valence-corrected chi connectivity index (χ1v) is 8.27. The lowest BCUT2D eigenvalue weighted by Crippen LogP contribution is -2.16. The molecular formula is C16H14FN3O4S. The molecule has 0 unspecified atom stereocenters. The fraction of sp³-hybridized carbons (Fsp3) is 0.250. The van der Waals surface area contributed by atoms with E-state index in [1.165, 1.54) is 46.2 Å². The van der Waals surface area contributed by atoms with E-state index in [4.69, 9.17) is 9.47 Å². The number of halogens is 1. The van der Waals surface area contributed by atoms with Gasteiger partial charge in [-0.25, -0.2) is 14.2 Å². The molecule has 0 atom stereocenters. The third kappa shape index (κ3) is 4.06. The maximum atomic E-state index is 12.9. The van der Waals surface area contributed by atoms with E-state index >= 15 is 0 Å². The van der Waals surface area contributed by atoms with Gasteiger partial charge in [0.2, 0.25) is 4.96 Å². The molecule has 130 valence electrons. The first-order valence-electron chi connectivity index (χ1n) is 7.46. The molecule has 0 radical (unpaired) electrons. The normalized spacial score (nSPS) is 11.0. The molecule has 0 fully saturated rings. The minimum absolute atomic E-state index is 0.166. The second kappa shape index (κ2) is 7.49. The summed E-state index contributed by atoms with van der Waals surface area (Å²) < 4.78 is 24.4. The predicted molar refractivity (Wildman–Crippen MR) is 88.0 cm³/mol. The van der Waals surface area contributed by atoms with E-state index < -0.39 is 11.8 Å². The Morgan fingerprint density at radius 2 is 2.04 bits per heavy atom. The minimum Gasteiger partial charge on any atom is -0.456 e. The van der Waals surface area contributed by atoms with Gasteiger partial charge in [0.15, 0.2) is 0 Å². The molecule has 0 spiro atoms. The highest BCUT2D eigenvalue weighted by molar-refractivity contribution is 7.16. The highest BCUT2D eigenvalue weighted by Crippen LogP contribution is 2.13. The molecule has 0 N–H and O–H groups in total. The van der Waals surface area contributed by atoms with E-state index in [0.717, 1.165) is 0 Å². The summed E-state index contributed by atoms with van der Waals surface area (Å²) in [6.45, 7) is 2.55. The second-order valence-corrected chi connectivity index (χ2v) is 6.04. The van der Waals surface area contributed by atoms with Gasteiger partial charge >= 0.3 is 5.97 Å². The lowest BCUT2D eigenvalue weighted by atomic mass is 10.2. The van der Waals surface area contributed by atoms with Crippen LogP contribution in [0.3, 0.4) is 0 Å². The van der Waals surface area contributed by atoms with Gasteiger partial charge in [-0.15, -0.1) is 0 Å². The zero-order valence-corrected chi connectivity index (χ0v) is 14.1. The van der Waals surface area contributed by atoms with Crippen molar-refractivity contribution in [3.63, 3.8) is 0 Å². The van der Waals surface area contributed by atoms with E-state index in [9.17, 15) is 14.0 Å². The van der Waals surface area contributed by atoms with Crippen molar-refractivity contribution in [2.24, 2.45) is 0 Å². The molecule has 0 bridgehead atoms. The fourth-order valence-electron chi connectivity index (χ4n) is 2.03. The Morgan fingerprint density at radius 1 is 1.28 bits per heavy atom. The van der Waals surface area contributed by atoms with Crippen molar-refractivity contribution in [1.29, 1.82) is 0 Å². The Labute approximate surface area is 145 Å². The lowest BCUT2D eigenvalue weighted by Gasteiger charge is -2.04. The highest BCUT2D eigenvalue weighted by atomic mass is 32.1. The number of carbonyl (C=O) groups is 1. The maximum Gasteiger partial charge on any atom is 0.338 e. The van der Waals surface area contributed by atoms with Gasteiger partial charge in [0, 0.05) is 12.7 Å². The maximum absolute atomic E-state index is 12.9. The molecule has 9 heteroatoms. The van der Waals surface area contributed by atoms with Crippen LogP contribution in [0.1, 0.15) is 28.0 Å². The molecule has 0 saturated carbocycles. The number of benzene rings is 1. The van der Waals surface area contributed by atoms with E-state index in [1.54, 1.807) is 0 Å². The third-order valence-electron chi connectivity index (χ3n) is 3.20. The Bertz CT molecular complexity index is 952. The molecule has 2 aromatic heterocycles. The largest absolute Gasteiger partial charge is 0.456 e. The van der Waals surface area contributed by atoms with Gasteiger partial charge in [-0.05, 0) is 31.2 Å². The number of ether oxygens (including phenoxy) is 2. The Balaban J connectivity index is 1.74. The molecule has 0 aliphatic rings. The number of nitrogens with zero attached hydrogens (tertiary/aromatic N) is 3. The molecule has 1 aromatic carbocycles. The topological polar surface area (TPSA) is 82.8 Å². The van der Waals surface area contributed by atoms with Crippen LogP contribution < -0.4 is 5.56 Å². The summed E-state index contributed by atoms with van der Waals surface area (Å²) in [5, 5.41) is 4.77. The quantitative estimate of drug-likeness (QED) is 0.624. The van der Waals surface area contributed by atoms with Crippen LogP contribution in [-0.4, -0.2) is 27.2 Å². The van der Waals surface area contributed by atoms with Crippen molar-refractivity contribution in [1.82, 2.24) is 14.6 Å². The van der Waals surface area contributed by atoms with Crippen molar-refractivity contribution < 1.29 is 18.7 Å². The number of hydrogen-bond donors (Lipinski definition) is 0. The van der Waals surface area contributed by atoms with Gasteiger partial charge in [-0.2, -0.15) is 9.61 Å². The summed E-state index contributed by atoms with van der Waals surface area (Å²) >= 11 is 1.23. The van der Waals surface area contributed by atoms with Crippen molar-refractivity contribution in [2.75, 3.05) is 6.61 Å². The smallest absolute Gasteiger partial charge is 0.338 e. The molecule has 0 aliphatic carbocycles. The average Bonchev–Trinajstić information content (AvgIpc) is 3.02. The monoisotopic (exact) mass is 363 g/mol. The van der Waals surface area contributed by atoms with E-state index in [-0.39, 0.29) is 17.7 Å². The first-order chi connectivity index (χ1) is 12.1. The number of fused-ring (bicyclic) bond motifs is 1. The number of carbonyl (C=O) groups excluding carboxylic acids is 1. The van der Waals surface area contributed by atoms with E-state index in [0.29, 0.717) is 28.9 Å². The molecule has 0 amide bonds. The summed E-state index contributed by atoms with van der Waals surface area (Å²) in [4.78, 5) is 28.7. The SMILES string of the molecule is CCOCc1nn2c(=O)cc(COC(=O)c3ccc(F)cc3)nc2s1. The van der Waals surface area contributed by atoms with Crippen LogP contribution in [0.15, 0.2) is 35.1 Å². The van der Waals surface area contributed by atoms with Gasteiger partial charge in [-0.3, -0.25) is 4.79 Å². The van der Waals surface area contributed by atoms with Crippen LogP contribution in [0.25, 0.3) is 4.96 Å². The molecule has 2 heterocycles. The molecule has 3 rings (SSSR count). The Hall–Kier alpha value is -2.65. The van der Waals surface area contributed by atoms with Crippen LogP contribution in [-0.2, 0) is 22.7 Å². The number of hydrogen-bond acceptors (Lipinski definition) is 7. The van der Waals surface area contributed by atoms with Crippen LogP contribution in [0.4, 0.5) is 4.39 Å². The zero-order valence-electron chi connectivity index (χ0n) is 13.3. The molecule has 25 heavy (non-hydrogen) atoms. The first kappa shape index (κ1) is 17.2. The van der Waals surface area contributed by atoms with E-state index in [2.05, 4.69) is 10.1 Å². The molecule has 7 nitrogen and oxygen atoms in total. The van der Waals surface area contributed by atoms with Crippen molar-refractivity contribution in [2.45, 2.75) is 20.1 Å². The zero-order chi connectivity index (χ0) is 17.8. The van der Waals surface area contributed by atoms with Crippen LogP contribution in [0, 0.1) is 5.82 Å². The minimum atomic E-state index is -0.622. The van der Waals surface area contributed by atoms with Crippen LogP contribution in [0.2, 0.25) is 0 Å². The van der Waals surface area contributed by atoms with Crippen molar-refractivity contribution in [3.8, 4) is 0 Å². The Morgan fingerprint density at radius 3 is 2.76 bits per heavy atom. The van der Waals surface area contributed by atoms with E-state index in [1.807, 2.05) is 6.92 Å². The third-order valence-corrected chi connectivity index (χ3v) is 4.08. The summed E-state index contributed by atoms with van der Waals surface area (Å²) in [6.07, 6.45) is 0. The second-order valence-electron chi connectivity index (χ2n) is 5.00. The van der Waals surface area contributed by atoms with Crippen molar-refractivity contribution >= 4 is 22.3 Å². The number of aromatic nitrogens is 3. The molecule has 0 saturated heterocycles. The number of esters is 1. The van der Waals surface area contributed by atoms with Gasteiger partial charge < -0.3 is 9.47 Å². The molecular weight excluding hydrogens is 349 g/mol. The predicted octanol–water partition coefficient (Wildman–Crippen LogP) is 2.18. The van der Waals surface area contributed by atoms with Crippen LogP contribution >= 0.6 is 11.3 Å². The van der Waals surface area contributed by atoms with Gasteiger partial charge in [0.25, 0.3) is 5.56 Å². The van der Waals surface area contributed by atoms with Gasteiger partial charge in [-0.1, -0.05) is 11.3 Å². The van der Waals surface area contributed by atoms with Crippen LogP contribution in [0.5, 0.6) is 0 Å². The summed E-state index contributed by atoms with van der Waals surface area (Å²) in [5.41, 5.74) is 0.167. The summed E-state index contributed by atoms with van der Waals surface area (Å²) in [6, 6.07) is 6.25. The molecule has 3 aromatic rings.